The number of nitrogens with zero attached hydrogens (tertiary/aromatic N) is 1. The van der Waals surface area contributed by atoms with Gasteiger partial charge in [-0.2, -0.15) is 0 Å². The molecule has 0 bridgehead atoms. The predicted molar refractivity (Wildman–Crippen MR) is 80.0 cm³/mol. The number of hydrogen-bond acceptors (Lipinski definition) is 4. The van der Waals surface area contributed by atoms with E-state index in [0.29, 0.717) is 0 Å². The van der Waals surface area contributed by atoms with Crippen LogP contribution in [0.5, 0.6) is 0 Å². The predicted octanol–water partition coefficient (Wildman–Crippen LogP) is 2.70. The monoisotopic (exact) mass is 271 g/mol. The van der Waals surface area contributed by atoms with E-state index in [4.69, 9.17) is 10.6 Å². The van der Waals surface area contributed by atoms with E-state index < -0.39 is 0 Å². The van der Waals surface area contributed by atoms with Gasteiger partial charge in [0.25, 0.3) is 0 Å². The fourth-order valence-corrected chi connectivity index (χ4v) is 3.14. The molecular formula is C16H21N3O. The molecule has 0 saturated heterocycles. The van der Waals surface area contributed by atoms with Crippen molar-refractivity contribution in [2.24, 2.45) is 5.84 Å². The van der Waals surface area contributed by atoms with E-state index in [0.717, 1.165) is 24.6 Å². The van der Waals surface area contributed by atoms with Gasteiger partial charge in [0.05, 0.1) is 5.60 Å². The van der Waals surface area contributed by atoms with Crippen LogP contribution >= 0.6 is 0 Å². The molecule has 0 radical (unpaired) electrons. The molecule has 1 aliphatic rings. The van der Waals surface area contributed by atoms with Crippen LogP contribution in [0.3, 0.4) is 0 Å². The number of methoxy groups -OCH3 is 1. The van der Waals surface area contributed by atoms with E-state index in [-0.39, 0.29) is 11.6 Å². The van der Waals surface area contributed by atoms with Crippen molar-refractivity contribution in [2.45, 2.75) is 37.3 Å². The molecule has 106 valence electrons. The first kappa shape index (κ1) is 13.5. The van der Waals surface area contributed by atoms with Gasteiger partial charge in [0.2, 0.25) is 0 Å². The number of nitrogens with two attached hydrogens (primary N) is 1. The van der Waals surface area contributed by atoms with Gasteiger partial charge in [0.1, 0.15) is 0 Å². The topological polar surface area (TPSA) is 60.2 Å². The molecule has 1 aliphatic carbocycles. The molecule has 3 rings (SSSR count). The summed E-state index contributed by atoms with van der Waals surface area (Å²) in [4.78, 5) is 4.18. The van der Waals surface area contributed by atoms with Gasteiger partial charge in [0, 0.05) is 30.9 Å². The first-order chi connectivity index (χ1) is 9.78. The lowest BCUT2D eigenvalue weighted by molar-refractivity contribution is -0.0837. The highest BCUT2D eigenvalue weighted by molar-refractivity contribution is 5.85. The second kappa shape index (κ2) is 5.48. The number of benzene rings is 1. The van der Waals surface area contributed by atoms with Crippen LogP contribution in [0.25, 0.3) is 10.8 Å². The van der Waals surface area contributed by atoms with Gasteiger partial charge in [-0.25, -0.2) is 0 Å². The molecule has 1 atom stereocenters. The van der Waals surface area contributed by atoms with Crippen molar-refractivity contribution >= 4 is 10.8 Å². The lowest BCUT2D eigenvalue weighted by atomic mass is 9.74. The lowest BCUT2D eigenvalue weighted by Gasteiger charge is -2.42. The van der Waals surface area contributed by atoms with Gasteiger partial charge in [-0.15, -0.1) is 0 Å². The van der Waals surface area contributed by atoms with Crippen LogP contribution in [0.2, 0.25) is 0 Å². The van der Waals surface area contributed by atoms with E-state index in [2.05, 4.69) is 34.7 Å². The summed E-state index contributed by atoms with van der Waals surface area (Å²) in [6.45, 7) is 0. The molecule has 20 heavy (non-hydrogen) atoms. The number of ether oxygens (including phenoxy) is 1. The quantitative estimate of drug-likeness (QED) is 0.648. The minimum Gasteiger partial charge on any atom is -0.378 e. The third kappa shape index (κ3) is 2.30. The Hall–Kier alpha value is -1.49. The summed E-state index contributed by atoms with van der Waals surface area (Å²) < 4.78 is 5.73. The summed E-state index contributed by atoms with van der Waals surface area (Å²) in [7, 11) is 1.81. The fraction of sp³-hybridized carbons (Fsp3) is 0.438. The number of pyridine rings is 1. The van der Waals surface area contributed by atoms with Gasteiger partial charge in [-0.3, -0.25) is 16.3 Å². The zero-order valence-electron chi connectivity index (χ0n) is 11.8. The Labute approximate surface area is 119 Å². The van der Waals surface area contributed by atoms with E-state index in [1.807, 2.05) is 12.4 Å². The zero-order chi connectivity index (χ0) is 14.0. The summed E-state index contributed by atoms with van der Waals surface area (Å²) in [6.07, 6.45) is 8.10. The highest BCUT2D eigenvalue weighted by Gasteiger charge is 2.39. The van der Waals surface area contributed by atoms with Crippen molar-refractivity contribution in [3.63, 3.8) is 0 Å². The van der Waals surface area contributed by atoms with Crippen molar-refractivity contribution in [2.75, 3.05) is 7.11 Å². The molecule has 1 aromatic carbocycles. The average molecular weight is 271 g/mol. The minimum absolute atomic E-state index is 0.00771. The van der Waals surface area contributed by atoms with E-state index >= 15 is 0 Å². The highest BCUT2D eigenvalue weighted by atomic mass is 16.5. The van der Waals surface area contributed by atoms with Crippen molar-refractivity contribution in [1.29, 1.82) is 0 Å². The Kier molecular flexibility index (Phi) is 3.70. The molecule has 0 amide bonds. The maximum atomic E-state index is 5.82. The van der Waals surface area contributed by atoms with Crippen LogP contribution in [0.15, 0.2) is 36.7 Å². The summed E-state index contributed by atoms with van der Waals surface area (Å²) in [5, 5.41) is 2.35. The van der Waals surface area contributed by atoms with Crippen molar-refractivity contribution in [3.8, 4) is 0 Å². The molecule has 1 saturated carbocycles. The Morgan fingerprint density at radius 1 is 1.40 bits per heavy atom. The summed E-state index contributed by atoms with van der Waals surface area (Å²) in [5.74, 6) is 5.82. The molecule has 4 heteroatoms. The fourth-order valence-electron chi connectivity index (χ4n) is 3.14. The maximum absolute atomic E-state index is 5.82. The van der Waals surface area contributed by atoms with Crippen molar-refractivity contribution in [3.05, 3.63) is 42.2 Å². The zero-order valence-corrected chi connectivity index (χ0v) is 11.8. The standard InChI is InChI=1S/C16H21N3O/c1-20-16(7-3-8-16)10-15(19-17)14-5-2-4-12-11-18-9-6-13(12)14/h2,4-6,9,11,15,19H,3,7-8,10,17H2,1H3. The van der Waals surface area contributed by atoms with Gasteiger partial charge >= 0.3 is 0 Å². The van der Waals surface area contributed by atoms with E-state index in [1.54, 1.807) is 7.11 Å². The summed E-state index contributed by atoms with van der Waals surface area (Å²) >= 11 is 0. The molecule has 0 aliphatic heterocycles. The summed E-state index contributed by atoms with van der Waals surface area (Å²) in [6, 6.07) is 8.42. The van der Waals surface area contributed by atoms with Crippen LogP contribution in [0, 0.1) is 0 Å². The number of fused-ring (bicyclic) bond motifs is 1. The van der Waals surface area contributed by atoms with E-state index in [9.17, 15) is 0 Å². The molecule has 0 spiro atoms. The minimum atomic E-state index is -0.00771. The Bertz CT molecular complexity index is 584. The Balaban J connectivity index is 1.95. The largest absolute Gasteiger partial charge is 0.378 e. The SMILES string of the molecule is COC1(CC(NN)c2cccc3cnccc23)CCC1. The normalized spacial score (nSPS) is 18.7. The lowest BCUT2D eigenvalue weighted by Crippen LogP contribution is -2.44. The molecule has 1 aromatic heterocycles. The average Bonchev–Trinajstić information content (AvgIpc) is 2.47. The molecule has 3 N–H and O–H groups in total. The van der Waals surface area contributed by atoms with Crippen LogP contribution < -0.4 is 11.3 Å². The molecule has 2 aromatic rings. The highest BCUT2D eigenvalue weighted by Crippen LogP contribution is 2.42. The Morgan fingerprint density at radius 2 is 2.25 bits per heavy atom. The van der Waals surface area contributed by atoms with Crippen LogP contribution in [0.4, 0.5) is 0 Å². The molecule has 1 fully saturated rings. The van der Waals surface area contributed by atoms with E-state index in [1.165, 1.54) is 17.4 Å². The number of aromatic nitrogens is 1. The molecule has 4 nitrogen and oxygen atoms in total. The van der Waals surface area contributed by atoms with Crippen LogP contribution in [-0.2, 0) is 4.74 Å². The molecular weight excluding hydrogens is 250 g/mol. The molecule has 1 unspecified atom stereocenters. The summed E-state index contributed by atoms with van der Waals surface area (Å²) in [5.41, 5.74) is 4.18. The number of hydrazine groups is 1. The van der Waals surface area contributed by atoms with Gasteiger partial charge in [-0.05, 0) is 42.7 Å². The third-order valence-electron chi connectivity index (χ3n) is 4.56. The van der Waals surface area contributed by atoms with Crippen LogP contribution in [-0.4, -0.2) is 17.7 Å². The smallest absolute Gasteiger partial charge is 0.0697 e. The van der Waals surface area contributed by atoms with Gasteiger partial charge < -0.3 is 4.74 Å². The van der Waals surface area contributed by atoms with Gasteiger partial charge in [0.15, 0.2) is 0 Å². The number of hydrogen-bond donors (Lipinski definition) is 2. The maximum Gasteiger partial charge on any atom is 0.0697 e. The first-order valence-corrected chi connectivity index (χ1v) is 7.12. The number of nitrogens with one attached hydrogen (secondary N) is 1. The van der Waals surface area contributed by atoms with Crippen molar-refractivity contribution < 1.29 is 4.74 Å². The van der Waals surface area contributed by atoms with Crippen molar-refractivity contribution in [1.82, 2.24) is 10.4 Å². The molecule has 1 heterocycles. The van der Waals surface area contributed by atoms with Crippen LogP contribution in [0.1, 0.15) is 37.3 Å². The first-order valence-electron chi connectivity index (χ1n) is 7.12. The number of rotatable bonds is 5. The second-order valence-corrected chi connectivity index (χ2v) is 5.61. The third-order valence-corrected chi connectivity index (χ3v) is 4.56. The Morgan fingerprint density at radius 3 is 2.90 bits per heavy atom. The van der Waals surface area contributed by atoms with Gasteiger partial charge in [-0.1, -0.05) is 18.2 Å². The second-order valence-electron chi connectivity index (χ2n) is 5.61.